The first-order chi connectivity index (χ1) is 15.3. The largest absolute Gasteiger partial charge is 0.416 e. The third-order valence-electron chi connectivity index (χ3n) is 5.98. The maximum atomic E-state index is 13.0. The molecule has 8 heteroatoms. The number of amides is 1. The second-order valence-corrected chi connectivity index (χ2v) is 8.62. The van der Waals surface area contributed by atoms with E-state index in [1.165, 1.54) is 12.3 Å². The van der Waals surface area contributed by atoms with E-state index in [1.54, 1.807) is 30.3 Å². The fraction of sp³-hybridized carbons (Fsp3) is 0.333. The zero-order valence-corrected chi connectivity index (χ0v) is 18.0. The van der Waals surface area contributed by atoms with E-state index in [-0.39, 0.29) is 11.8 Å². The molecule has 1 aromatic heterocycles. The Labute approximate surface area is 189 Å². The first kappa shape index (κ1) is 22.4. The Balaban J connectivity index is 1.31. The minimum absolute atomic E-state index is 0.0236. The van der Waals surface area contributed by atoms with Gasteiger partial charge in [0.1, 0.15) is 0 Å². The van der Waals surface area contributed by atoms with E-state index in [1.807, 2.05) is 0 Å². The third kappa shape index (κ3) is 5.33. The fourth-order valence-electron chi connectivity index (χ4n) is 4.14. The molecule has 32 heavy (non-hydrogen) atoms. The molecule has 0 atom stereocenters. The van der Waals surface area contributed by atoms with Gasteiger partial charge in [-0.3, -0.25) is 9.78 Å². The van der Waals surface area contributed by atoms with Crippen LogP contribution in [0.2, 0.25) is 5.02 Å². The number of carbonyl (C=O) groups is 1. The Bertz CT molecular complexity index is 1090. The Morgan fingerprint density at radius 3 is 2.44 bits per heavy atom. The number of halogens is 4. The molecule has 1 aliphatic rings. The van der Waals surface area contributed by atoms with Crippen molar-refractivity contribution in [2.24, 2.45) is 11.8 Å². The minimum Gasteiger partial charge on any atom is -0.384 e. The Hall–Kier alpha value is -2.80. The molecule has 1 saturated carbocycles. The van der Waals surface area contributed by atoms with Crippen molar-refractivity contribution in [1.29, 1.82) is 0 Å². The molecule has 0 aliphatic heterocycles. The van der Waals surface area contributed by atoms with Crippen LogP contribution in [0.3, 0.4) is 0 Å². The normalized spacial score (nSPS) is 19.0. The highest BCUT2D eigenvalue weighted by atomic mass is 35.5. The van der Waals surface area contributed by atoms with E-state index in [0.29, 0.717) is 28.4 Å². The summed E-state index contributed by atoms with van der Waals surface area (Å²) in [7, 11) is 0. The van der Waals surface area contributed by atoms with Gasteiger partial charge in [-0.1, -0.05) is 17.7 Å². The summed E-state index contributed by atoms with van der Waals surface area (Å²) in [6.07, 6.45) is 0.552. The molecule has 1 fully saturated rings. The van der Waals surface area contributed by atoms with Crippen LogP contribution < -0.4 is 10.6 Å². The molecule has 0 unspecified atom stereocenters. The molecule has 4 rings (SSSR count). The highest BCUT2D eigenvalue weighted by Crippen LogP contribution is 2.34. The quantitative estimate of drug-likeness (QED) is 0.441. The number of fused-ring (bicyclic) bond motifs is 1. The van der Waals surface area contributed by atoms with Gasteiger partial charge in [-0.15, -0.1) is 0 Å². The van der Waals surface area contributed by atoms with Crippen LogP contribution in [0.4, 0.5) is 24.5 Å². The molecule has 1 heterocycles. The van der Waals surface area contributed by atoms with Crippen molar-refractivity contribution in [3.63, 3.8) is 0 Å². The van der Waals surface area contributed by atoms with Crippen LogP contribution in [0.15, 0.2) is 54.7 Å². The van der Waals surface area contributed by atoms with Crippen LogP contribution >= 0.6 is 11.6 Å². The van der Waals surface area contributed by atoms with Crippen molar-refractivity contribution in [2.45, 2.75) is 31.9 Å². The lowest BCUT2D eigenvalue weighted by atomic mass is 9.81. The number of aromatic nitrogens is 1. The van der Waals surface area contributed by atoms with E-state index in [2.05, 4.69) is 15.6 Å². The van der Waals surface area contributed by atoms with Gasteiger partial charge in [0.25, 0.3) is 0 Å². The van der Waals surface area contributed by atoms with Crippen molar-refractivity contribution in [3.8, 4) is 0 Å². The van der Waals surface area contributed by atoms with Gasteiger partial charge in [0.15, 0.2) is 0 Å². The van der Waals surface area contributed by atoms with E-state index in [0.717, 1.165) is 49.2 Å². The molecular weight excluding hydrogens is 439 g/mol. The Morgan fingerprint density at radius 2 is 1.75 bits per heavy atom. The molecule has 0 radical (unpaired) electrons. The highest BCUT2D eigenvalue weighted by Gasteiger charge is 2.31. The van der Waals surface area contributed by atoms with Crippen LogP contribution in [-0.2, 0) is 11.0 Å². The first-order valence-corrected chi connectivity index (χ1v) is 10.9. The van der Waals surface area contributed by atoms with Crippen LogP contribution in [0.25, 0.3) is 10.9 Å². The van der Waals surface area contributed by atoms with Crippen molar-refractivity contribution in [3.05, 3.63) is 65.3 Å². The van der Waals surface area contributed by atoms with E-state index in [4.69, 9.17) is 11.6 Å². The van der Waals surface area contributed by atoms with Gasteiger partial charge in [-0.25, -0.2) is 0 Å². The summed E-state index contributed by atoms with van der Waals surface area (Å²) >= 11 is 5.88. The number of nitrogens with one attached hydrogen (secondary N) is 2. The van der Waals surface area contributed by atoms with Crippen molar-refractivity contribution >= 4 is 39.8 Å². The Kier molecular flexibility index (Phi) is 6.55. The monoisotopic (exact) mass is 461 g/mol. The molecule has 1 aliphatic carbocycles. The SMILES string of the molecule is O=C(Nc1ccc(Cl)cc1)C1CCC(CNc2ccnc3cc(C(F)(F)F)ccc23)CC1. The lowest BCUT2D eigenvalue weighted by molar-refractivity contribution is -0.137. The summed E-state index contributed by atoms with van der Waals surface area (Å²) < 4.78 is 38.9. The number of anilines is 2. The third-order valence-corrected chi connectivity index (χ3v) is 6.23. The topological polar surface area (TPSA) is 54.0 Å². The second-order valence-electron chi connectivity index (χ2n) is 8.18. The zero-order valence-electron chi connectivity index (χ0n) is 17.3. The summed E-state index contributed by atoms with van der Waals surface area (Å²) in [5.41, 5.74) is 1.12. The summed E-state index contributed by atoms with van der Waals surface area (Å²) in [6.45, 7) is 0.700. The average molecular weight is 462 g/mol. The van der Waals surface area contributed by atoms with Crippen molar-refractivity contribution in [2.75, 3.05) is 17.2 Å². The van der Waals surface area contributed by atoms with Crippen molar-refractivity contribution < 1.29 is 18.0 Å². The molecule has 3 aromatic rings. The van der Waals surface area contributed by atoms with Gasteiger partial charge in [0.05, 0.1) is 11.1 Å². The molecule has 168 valence electrons. The summed E-state index contributed by atoms with van der Waals surface area (Å²) in [5.74, 6) is 0.399. The van der Waals surface area contributed by atoms with E-state index in [9.17, 15) is 18.0 Å². The predicted molar refractivity (Wildman–Crippen MR) is 121 cm³/mol. The maximum Gasteiger partial charge on any atom is 0.416 e. The van der Waals surface area contributed by atoms with Crippen LogP contribution in [0.5, 0.6) is 0 Å². The first-order valence-electron chi connectivity index (χ1n) is 10.6. The summed E-state index contributed by atoms with van der Waals surface area (Å²) in [5, 5.41) is 7.60. The number of benzene rings is 2. The average Bonchev–Trinajstić information content (AvgIpc) is 2.78. The number of alkyl halides is 3. The van der Waals surface area contributed by atoms with Gasteiger partial charge < -0.3 is 10.6 Å². The molecule has 1 amide bonds. The van der Waals surface area contributed by atoms with Crippen LogP contribution in [-0.4, -0.2) is 17.4 Å². The number of hydrogen-bond acceptors (Lipinski definition) is 3. The summed E-state index contributed by atoms with van der Waals surface area (Å²) in [4.78, 5) is 16.6. The molecule has 4 nitrogen and oxygen atoms in total. The number of hydrogen-bond donors (Lipinski definition) is 2. The van der Waals surface area contributed by atoms with Gasteiger partial charge in [0.2, 0.25) is 5.91 Å². The smallest absolute Gasteiger partial charge is 0.384 e. The molecule has 0 spiro atoms. The lowest BCUT2D eigenvalue weighted by Crippen LogP contribution is -2.29. The molecule has 0 saturated heterocycles. The Morgan fingerprint density at radius 1 is 1.03 bits per heavy atom. The van der Waals surface area contributed by atoms with Gasteiger partial charge in [-0.05, 0) is 74.1 Å². The van der Waals surface area contributed by atoms with Crippen LogP contribution in [0.1, 0.15) is 31.2 Å². The van der Waals surface area contributed by atoms with E-state index >= 15 is 0 Å². The fourth-order valence-corrected chi connectivity index (χ4v) is 4.27. The zero-order chi connectivity index (χ0) is 22.7. The molecule has 0 bridgehead atoms. The molecule has 2 aromatic carbocycles. The van der Waals surface area contributed by atoms with Gasteiger partial charge in [-0.2, -0.15) is 13.2 Å². The number of nitrogens with zero attached hydrogens (tertiary/aromatic N) is 1. The predicted octanol–water partition coefficient (Wildman–Crippen LogP) is 6.76. The minimum atomic E-state index is -4.39. The molecule has 2 N–H and O–H groups in total. The van der Waals surface area contributed by atoms with Crippen molar-refractivity contribution in [1.82, 2.24) is 4.98 Å². The lowest BCUT2D eigenvalue weighted by Gasteiger charge is -2.28. The van der Waals surface area contributed by atoms with Gasteiger partial charge in [0, 0.05) is 40.4 Å². The van der Waals surface area contributed by atoms with Gasteiger partial charge >= 0.3 is 6.18 Å². The standard InChI is InChI=1S/C24H23ClF3N3O/c25-18-6-8-19(9-7-18)31-23(32)16-3-1-15(2-4-16)14-30-21-11-12-29-22-13-17(24(26,27)28)5-10-20(21)22/h5-13,15-16H,1-4,14H2,(H,29,30)(H,31,32). The van der Waals surface area contributed by atoms with Crippen LogP contribution in [0, 0.1) is 11.8 Å². The van der Waals surface area contributed by atoms with E-state index < -0.39 is 11.7 Å². The molecular formula is C24H23ClF3N3O. The second kappa shape index (κ2) is 9.36. The number of rotatable bonds is 5. The summed E-state index contributed by atoms with van der Waals surface area (Å²) in [6, 6.07) is 12.5. The number of pyridine rings is 1. The highest BCUT2D eigenvalue weighted by molar-refractivity contribution is 6.30. The maximum absolute atomic E-state index is 13.0. The number of carbonyl (C=O) groups excluding carboxylic acids is 1.